The maximum atomic E-state index is 6.49. The molecule has 1 aliphatic carbocycles. The second-order valence-corrected chi connectivity index (χ2v) is 6.06. The summed E-state index contributed by atoms with van der Waals surface area (Å²) in [6.45, 7) is 2.26. The van der Waals surface area contributed by atoms with Crippen molar-refractivity contribution in [2.45, 2.75) is 24.1 Å². The highest BCUT2D eigenvalue weighted by atomic mass is 35.5. The van der Waals surface area contributed by atoms with E-state index in [0.717, 1.165) is 11.4 Å². The summed E-state index contributed by atoms with van der Waals surface area (Å²) in [5.41, 5.74) is 3.79. The molecule has 2 aromatic rings. The predicted octanol–water partition coefficient (Wildman–Crippen LogP) is 5.33. The fourth-order valence-corrected chi connectivity index (χ4v) is 3.62. The molecule has 0 bridgehead atoms. The standard InChI is InChI=1S/C16H14Cl2/c1-16(11-5-3-2-4-6-11)10-15(18)13-9-12(17)7-8-14(13)16/h2-9,15H,10H2,1H3. The Morgan fingerprint density at radius 1 is 1.11 bits per heavy atom. The molecule has 3 rings (SSSR count). The quantitative estimate of drug-likeness (QED) is 0.618. The molecule has 0 N–H and O–H groups in total. The highest BCUT2D eigenvalue weighted by Gasteiger charge is 2.40. The molecule has 1 aliphatic rings. The molecule has 0 spiro atoms. The molecule has 0 amide bonds. The van der Waals surface area contributed by atoms with Crippen LogP contribution in [0.25, 0.3) is 0 Å². The topological polar surface area (TPSA) is 0 Å². The number of halogens is 2. The Morgan fingerprint density at radius 3 is 2.56 bits per heavy atom. The van der Waals surface area contributed by atoms with Crippen LogP contribution in [0.2, 0.25) is 5.02 Å². The average Bonchev–Trinajstić information content (AvgIpc) is 2.63. The Balaban J connectivity index is 2.18. The molecule has 0 radical (unpaired) electrons. The molecule has 0 fully saturated rings. The number of hydrogen-bond donors (Lipinski definition) is 0. The monoisotopic (exact) mass is 276 g/mol. The molecule has 2 unspecified atom stereocenters. The number of alkyl halides is 1. The second kappa shape index (κ2) is 4.29. The van der Waals surface area contributed by atoms with Crippen molar-refractivity contribution >= 4 is 23.2 Å². The van der Waals surface area contributed by atoms with Crippen LogP contribution in [0.15, 0.2) is 48.5 Å². The molecule has 2 atom stereocenters. The highest BCUT2D eigenvalue weighted by Crippen LogP contribution is 2.51. The Labute approximate surface area is 118 Å². The summed E-state index contributed by atoms with van der Waals surface area (Å²) < 4.78 is 0. The van der Waals surface area contributed by atoms with Gasteiger partial charge in [-0.1, -0.05) is 54.9 Å². The van der Waals surface area contributed by atoms with Crippen LogP contribution in [-0.4, -0.2) is 0 Å². The van der Waals surface area contributed by atoms with E-state index in [9.17, 15) is 0 Å². The first kappa shape index (κ1) is 12.1. The van der Waals surface area contributed by atoms with Gasteiger partial charge in [0.25, 0.3) is 0 Å². The fraction of sp³-hybridized carbons (Fsp3) is 0.250. The fourth-order valence-electron chi connectivity index (χ4n) is 2.95. The molecule has 0 saturated heterocycles. The minimum absolute atomic E-state index is 0.00635. The van der Waals surface area contributed by atoms with Gasteiger partial charge >= 0.3 is 0 Å². The zero-order chi connectivity index (χ0) is 12.8. The molecule has 0 aliphatic heterocycles. The number of benzene rings is 2. The van der Waals surface area contributed by atoms with Crippen LogP contribution < -0.4 is 0 Å². The Bertz CT molecular complexity index is 577. The van der Waals surface area contributed by atoms with E-state index in [1.165, 1.54) is 16.7 Å². The van der Waals surface area contributed by atoms with Gasteiger partial charge in [0.15, 0.2) is 0 Å². The Hall–Kier alpha value is -0.980. The van der Waals surface area contributed by atoms with Crippen molar-refractivity contribution in [3.05, 3.63) is 70.2 Å². The van der Waals surface area contributed by atoms with Crippen LogP contribution in [0.3, 0.4) is 0 Å². The lowest BCUT2D eigenvalue weighted by Crippen LogP contribution is -2.19. The largest absolute Gasteiger partial charge is 0.118 e. The maximum Gasteiger partial charge on any atom is 0.0600 e. The van der Waals surface area contributed by atoms with Crippen LogP contribution in [0.4, 0.5) is 0 Å². The Morgan fingerprint density at radius 2 is 1.83 bits per heavy atom. The predicted molar refractivity (Wildman–Crippen MR) is 77.6 cm³/mol. The van der Waals surface area contributed by atoms with E-state index >= 15 is 0 Å². The minimum Gasteiger partial charge on any atom is -0.118 e. The highest BCUT2D eigenvalue weighted by molar-refractivity contribution is 6.31. The smallest absolute Gasteiger partial charge is 0.0600 e. The lowest BCUT2D eigenvalue weighted by atomic mass is 9.77. The summed E-state index contributed by atoms with van der Waals surface area (Å²) in [7, 11) is 0. The average molecular weight is 277 g/mol. The summed E-state index contributed by atoms with van der Waals surface area (Å²) >= 11 is 12.6. The molecule has 92 valence electrons. The van der Waals surface area contributed by atoms with Gasteiger partial charge in [0.2, 0.25) is 0 Å². The van der Waals surface area contributed by atoms with Crippen molar-refractivity contribution in [1.82, 2.24) is 0 Å². The third kappa shape index (κ3) is 1.75. The van der Waals surface area contributed by atoms with Gasteiger partial charge < -0.3 is 0 Å². The van der Waals surface area contributed by atoms with Crippen LogP contribution in [0, 0.1) is 0 Å². The second-order valence-electron chi connectivity index (χ2n) is 5.10. The van der Waals surface area contributed by atoms with E-state index in [0.29, 0.717) is 0 Å². The molecule has 2 aromatic carbocycles. The zero-order valence-electron chi connectivity index (χ0n) is 10.2. The van der Waals surface area contributed by atoms with Gasteiger partial charge in [-0.2, -0.15) is 0 Å². The molecule has 18 heavy (non-hydrogen) atoms. The van der Waals surface area contributed by atoms with Crippen molar-refractivity contribution in [3.8, 4) is 0 Å². The van der Waals surface area contributed by atoms with Crippen molar-refractivity contribution in [2.75, 3.05) is 0 Å². The molecule has 0 heterocycles. The van der Waals surface area contributed by atoms with Crippen molar-refractivity contribution in [1.29, 1.82) is 0 Å². The first-order valence-electron chi connectivity index (χ1n) is 6.11. The summed E-state index contributed by atoms with van der Waals surface area (Å²) in [6, 6.07) is 16.6. The summed E-state index contributed by atoms with van der Waals surface area (Å²) in [5.74, 6) is 0. The van der Waals surface area contributed by atoms with Crippen LogP contribution in [0.1, 0.15) is 35.4 Å². The summed E-state index contributed by atoms with van der Waals surface area (Å²) in [5, 5.41) is 0.806. The van der Waals surface area contributed by atoms with Crippen molar-refractivity contribution < 1.29 is 0 Å². The summed E-state index contributed by atoms with van der Waals surface area (Å²) in [6.07, 6.45) is 0.925. The van der Waals surface area contributed by atoms with Gasteiger partial charge in [-0.15, -0.1) is 11.6 Å². The van der Waals surface area contributed by atoms with Gasteiger partial charge in [-0.25, -0.2) is 0 Å². The van der Waals surface area contributed by atoms with Gasteiger partial charge in [0, 0.05) is 10.4 Å². The van der Waals surface area contributed by atoms with Gasteiger partial charge in [-0.3, -0.25) is 0 Å². The van der Waals surface area contributed by atoms with Crippen LogP contribution in [-0.2, 0) is 5.41 Å². The third-order valence-corrected chi connectivity index (χ3v) is 4.57. The molecule has 0 aromatic heterocycles. The van der Waals surface area contributed by atoms with E-state index in [2.05, 4.69) is 37.3 Å². The Kier molecular flexibility index (Phi) is 2.88. The zero-order valence-corrected chi connectivity index (χ0v) is 11.7. The lowest BCUT2D eigenvalue weighted by molar-refractivity contribution is 0.559. The van der Waals surface area contributed by atoms with E-state index < -0.39 is 0 Å². The lowest BCUT2D eigenvalue weighted by Gasteiger charge is -2.26. The van der Waals surface area contributed by atoms with Gasteiger partial charge in [0.05, 0.1) is 5.38 Å². The minimum atomic E-state index is -0.00635. The van der Waals surface area contributed by atoms with E-state index in [4.69, 9.17) is 23.2 Å². The first-order valence-corrected chi connectivity index (χ1v) is 6.92. The molecule has 2 heteroatoms. The van der Waals surface area contributed by atoms with Gasteiger partial charge in [0.1, 0.15) is 0 Å². The van der Waals surface area contributed by atoms with E-state index in [1.807, 2.05) is 18.2 Å². The van der Waals surface area contributed by atoms with Crippen LogP contribution >= 0.6 is 23.2 Å². The van der Waals surface area contributed by atoms with Crippen LogP contribution in [0.5, 0.6) is 0 Å². The van der Waals surface area contributed by atoms with Gasteiger partial charge in [-0.05, 0) is 35.2 Å². The maximum absolute atomic E-state index is 6.49. The van der Waals surface area contributed by atoms with Crippen molar-refractivity contribution in [2.24, 2.45) is 0 Å². The van der Waals surface area contributed by atoms with E-state index in [1.54, 1.807) is 0 Å². The van der Waals surface area contributed by atoms with Crippen molar-refractivity contribution in [3.63, 3.8) is 0 Å². The summed E-state index contributed by atoms with van der Waals surface area (Å²) in [4.78, 5) is 0. The third-order valence-electron chi connectivity index (χ3n) is 3.94. The number of hydrogen-bond acceptors (Lipinski definition) is 0. The number of rotatable bonds is 1. The molecule has 0 saturated carbocycles. The number of fused-ring (bicyclic) bond motifs is 1. The normalized spacial score (nSPS) is 26.1. The molecular formula is C16H14Cl2. The first-order chi connectivity index (χ1) is 8.61. The molecular weight excluding hydrogens is 263 g/mol. The SMILES string of the molecule is CC1(c2ccccc2)CC(Cl)c2cc(Cl)ccc21. The van der Waals surface area contributed by atoms with E-state index in [-0.39, 0.29) is 10.8 Å². The molecule has 0 nitrogen and oxygen atoms in total.